The molecule has 1 N–H and O–H groups in total. The molecule has 0 aliphatic carbocycles. The molecule has 1 aromatic rings. The minimum atomic E-state index is 0.0693. The van der Waals surface area contributed by atoms with E-state index in [1.807, 2.05) is 42.9 Å². The molecule has 4 nitrogen and oxygen atoms in total. The highest BCUT2D eigenvalue weighted by molar-refractivity contribution is 7.98. The van der Waals surface area contributed by atoms with Gasteiger partial charge < -0.3 is 10.2 Å². The van der Waals surface area contributed by atoms with Gasteiger partial charge in [0, 0.05) is 31.4 Å². The number of carbonyl (C=O) groups is 1. The molecule has 0 bridgehead atoms. The zero-order valence-electron chi connectivity index (χ0n) is 13.8. The van der Waals surface area contributed by atoms with Crippen molar-refractivity contribution in [1.29, 1.82) is 0 Å². The van der Waals surface area contributed by atoms with Gasteiger partial charge in [-0.1, -0.05) is 13.3 Å². The van der Waals surface area contributed by atoms with Crippen molar-refractivity contribution in [2.75, 3.05) is 31.4 Å². The average Bonchev–Trinajstić information content (AvgIpc) is 2.50. The van der Waals surface area contributed by atoms with Crippen LogP contribution in [0.5, 0.6) is 0 Å². The van der Waals surface area contributed by atoms with Crippen molar-refractivity contribution in [2.24, 2.45) is 0 Å². The van der Waals surface area contributed by atoms with Gasteiger partial charge in [0.25, 0.3) is 5.91 Å². The lowest BCUT2D eigenvalue weighted by atomic mass is 10.1. The van der Waals surface area contributed by atoms with Gasteiger partial charge in [0.05, 0.1) is 0 Å². The highest BCUT2D eigenvalue weighted by Crippen LogP contribution is 2.16. The molecule has 1 heterocycles. The molecular formula is C16H27N3OS. The van der Waals surface area contributed by atoms with Gasteiger partial charge in [-0.25, -0.2) is 4.98 Å². The number of anilines is 1. The molecule has 1 rings (SSSR count). The number of aryl methyl sites for hydroxylation is 1. The fraction of sp³-hybridized carbons (Fsp3) is 0.625. The summed E-state index contributed by atoms with van der Waals surface area (Å²) in [5.74, 6) is 1.90. The number of hydrogen-bond acceptors (Lipinski definition) is 4. The van der Waals surface area contributed by atoms with Crippen LogP contribution in [0.3, 0.4) is 0 Å². The number of thioether (sulfide) groups is 1. The van der Waals surface area contributed by atoms with Crippen LogP contribution in [0.15, 0.2) is 12.1 Å². The molecule has 5 heteroatoms. The maximum atomic E-state index is 12.6. The Kier molecular flexibility index (Phi) is 7.57. The molecule has 1 aromatic heterocycles. The van der Waals surface area contributed by atoms with Gasteiger partial charge in [-0.15, -0.1) is 0 Å². The number of pyridine rings is 1. The van der Waals surface area contributed by atoms with Crippen LogP contribution in [-0.4, -0.2) is 47.9 Å². The predicted octanol–water partition coefficient (Wildman–Crippen LogP) is 3.29. The second-order valence-electron chi connectivity index (χ2n) is 5.28. The van der Waals surface area contributed by atoms with Crippen molar-refractivity contribution in [2.45, 2.75) is 39.2 Å². The van der Waals surface area contributed by atoms with Crippen LogP contribution in [0.2, 0.25) is 0 Å². The Morgan fingerprint density at radius 3 is 2.76 bits per heavy atom. The summed E-state index contributed by atoms with van der Waals surface area (Å²) in [4.78, 5) is 19.0. The van der Waals surface area contributed by atoms with Crippen LogP contribution >= 0.6 is 11.8 Å². The lowest BCUT2D eigenvalue weighted by Gasteiger charge is -2.25. The van der Waals surface area contributed by atoms with E-state index in [1.165, 1.54) is 0 Å². The Balaban J connectivity index is 2.91. The zero-order chi connectivity index (χ0) is 15.8. The van der Waals surface area contributed by atoms with E-state index in [9.17, 15) is 4.79 Å². The quantitative estimate of drug-likeness (QED) is 0.800. The molecule has 1 unspecified atom stereocenters. The molecule has 1 atom stereocenters. The van der Waals surface area contributed by atoms with Crippen molar-refractivity contribution in [3.05, 3.63) is 23.4 Å². The van der Waals surface area contributed by atoms with Gasteiger partial charge in [0.15, 0.2) is 0 Å². The van der Waals surface area contributed by atoms with Crippen molar-refractivity contribution >= 4 is 23.5 Å². The van der Waals surface area contributed by atoms with Crippen LogP contribution in [0, 0.1) is 0 Å². The first kappa shape index (κ1) is 17.8. The van der Waals surface area contributed by atoms with E-state index in [0.29, 0.717) is 0 Å². The van der Waals surface area contributed by atoms with Crippen LogP contribution in [-0.2, 0) is 6.42 Å². The maximum Gasteiger partial charge on any atom is 0.254 e. The molecule has 0 radical (unpaired) electrons. The highest BCUT2D eigenvalue weighted by Gasteiger charge is 2.18. The summed E-state index contributed by atoms with van der Waals surface area (Å²) in [6.45, 7) is 4.22. The summed E-state index contributed by atoms with van der Waals surface area (Å²) in [5, 5.41) is 3.04. The third kappa shape index (κ3) is 5.23. The van der Waals surface area contributed by atoms with Crippen LogP contribution in [0.1, 0.15) is 42.7 Å². The number of nitrogens with zero attached hydrogens (tertiary/aromatic N) is 2. The van der Waals surface area contributed by atoms with Crippen molar-refractivity contribution in [3.8, 4) is 0 Å². The van der Waals surface area contributed by atoms with Crippen molar-refractivity contribution in [3.63, 3.8) is 0 Å². The van der Waals surface area contributed by atoms with E-state index in [4.69, 9.17) is 0 Å². The predicted molar refractivity (Wildman–Crippen MR) is 92.3 cm³/mol. The number of rotatable bonds is 8. The molecule has 21 heavy (non-hydrogen) atoms. The third-order valence-electron chi connectivity index (χ3n) is 3.61. The van der Waals surface area contributed by atoms with Crippen LogP contribution < -0.4 is 5.32 Å². The molecule has 0 saturated carbocycles. The van der Waals surface area contributed by atoms with Crippen molar-refractivity contribution in [1.82, 2.24) is 9.88 Å². The van der Waals surface area contributed by atoms with E-state index in [1.54, 1.807) is 0 Å². The van der Waals surface area contributed by atoms with Gasteiger partial charge >= 0.3 is 0 Å². The Labute approximate surface area is 132 Å². The zero-order valence-corrected chi connectivity index (χ0v) is 14.6. The van der Waals surface area contributed by atoms with Gasteiger partial charge in [-0.05, 0) is 43.9 Å². The summed E-state index contributed by atoms with van der Waals surface area (Å²) in [6.07, 6.45) is 5.01. The fourth-order valence-electron chi connectivity index (χ4n) is 2.11. The molecule has 0 fully saturated rings. The number of amides is 1. The van der Waals surface area contributed by atoms with E-state index >= 15 is 0 Å². The van der Waals surface area contributed by atoms with E-state index in [-0.39, 0.29) is 11.9 Å². The summed E-state index contributed by atoms with van der Waals surface area (Å²) < 4.78 is 0. The largest absolute Gasteiger partial charge is 0.373 e. The number of nitrogens with one attached hydrogen (secondary N) is 1. The molecule has 0 saturated heterocycles. The second kappa shape index (κ2) is 8.93. The average molecular weight is 309 g/mol. The smallest absolute Gasteiger partial charge is 0.254 e. The summed E-state index contributed by atoms with van der Waals surface area (Å²) in [6, 6.07) is 4.00. The molecule has 118 valence electrons. The molecular weight excluding hydrogens is 282 g/mol. The van der Waals surface area contributed by atoms with Crippen LogP contribution in [0.4, 0.5) is 5.82 Å². The topological polar surface area (TPSA) is 45.2 Å². The first-order chi connectivity index (χ1) is 10.0. The lowest BCUT2D eigenvalue weighted by molar-refractivity contribution is 0.0741. The SMILES string of the molecule is CCCc1cc(C(=O)N(C)C(C)CCSC)cc(NC)n1. The molecule has 0 aliphatic heterocycles. The number of hydrogen-bond donors (Lipinski definition) is 1. The van der Waals surface area contributed by atoms with Gasteiger partial charge in [0.2, 0.25) is 0 Å². The number of aromatic nitrogens is 1. The van der Waals surface area contributed by atoms with Gasteiger partial charge in [-0.2, -0.15) is 11.8 Å². The lowest BCUT2D eigenvalue weighted by Crippen LogP contribution is -2.35. The summed E-state index contributed by atoms with van der Waals surface area (Å²) in [5.41, 5.74) is 1.69. The molecule has 0 aromatic carbocycles. The second-order valence-corrected chi connectivity index (χ2v) is 6.26. The Morgan fingerprint density at radius 1 is 1.48 bits per heavy atom. The van der Waals surface area contributed by atoms with Crippen molar-refractivity contribution < 1.29 is 4.79 Å². The Hall–Kier alpha value is -1.23. The van der Waals surface area contributed by atoms with Gasteiger partial charge in [0.1, 0.15) is 5.82 Å². The van der Waals surface area contributed by atoms with Crippen LogP contribution in [0.25, 0.3) is 0 Å². The first-order valence-corrected chi connectivity index (χ1v) is 8.87. The standard InChI is InChI=1S/C16H27N3OS/c1-6-7-14-10-13(11-15(17-3)18-14)16(20)19(4)12(2)8-9-21-5/h10-12H,6-9H2,1-5H3,(H,17,18). The first-order valence-electron chi connectivity index (χ1n) is 7.48. The monoisotopic (exact) mass is 309 g/mol. The summed E-state index contributed by atoms with van der Waals surface area (Å²) in [7, 11) is 3.71. The van der Waals surface area contributed by atoms with Gasteiger partial charge in [-0.3, -0.25) is 4.79 Å². The Morgan fingerprint density at radius 2 is 2.19 bits per heavy atom. The van der Waals surface area contributed by atoms with E-state index < -0.39 is 0 Å². The molecule has 1 amide bonds. The molecule has 0 aliphatic rings. The minimum absolute atomic E-state index is 0.0693. The third-order valence-corrected chi connectivity index (χ3v) is 4.25. The highest BCUT2D eigenvalue weighted by atomic mass is 32.2. The minimum Gasteiger partial charge on any atom is -0.373 e. The molecule has 0 spiro atoms. The van der Waals surface area contributed by atoms with E-state index in [2.05, 4.69) is 30.4 Å². The Bertz CT molecular complexity index is 465. The summed E-state index contributed by atoms with van der Waals surface area (Å²) >= 11 is 1.81. The van der Waals surface area contributed by atoms with E-state index in [0.717, 1.165) is 42.1 Å². The number of carbonyl (C=O) groups excluding carboxylic acids is 1. The normalized spacial score (nSPS) is 12.0. The maximum absolute atomic E-state index is 12.6. The fourth-order valence-corrected chi connectivity index (χ4v) is 2.69.